The molecule has 0 aromatic carbocycles. The van der Waals surface area contributed by atoms with Gasteiger partial charge in [-0.1, -0.05) is 0 Å². The van der Waals surface area contributed by atoms with E-state index in [0.29, 0.717) is 11.6 Å². The van der Waals surface area contributed by atoms with Gasteiger partial charge in [-0.05, 0) is 12.1 Å². The van der Waals surface area contributed by atoms with E-state index in [2.05, 4.69) is 15.0 Å². The summed E-state index contributed by atoms with van der Waals surface area (Å²) in [5, 5.41) is 8.52. The van der Waals surface area contributed by atoms with Crippen molar-refractivity contribution in [1.29, 1.82) is 0 Å². The van der Waals surface area contributed by atoms with Gasteiger partial charge in [-0.25, -0.2) is 19.3 Å². The Balaban J connectivity index is 2.27. The molecule has 2 heterocycles. The standard InChI is InChI=1S/C10H9FN4O/c11-8(6-16)4-9-5-15(7-14-9)10-12-2-1-3-13-10/h1-5,7,16H,6H2/b8-4-. The lowest BCUT2D eigenvalue weighted by molar-refractivity contribution is 0.300. The van der Waals surface area contributed by atoms with Crippen molar-refractivity contribution in [2.45, 2.75) is 0 Å². The summed E-state index contributed by atoms with van der Waals surface area (Å²) in [5.74, 6) is -0.182. The predicted octanol–water partition coefficient (Wildman–Crippen LogP) is 0.965. The first kappa shape index (κ1) is 10.4. The molecule has 2 aromatic rings. The van der Waals surface area contributed by atoms with Gasteiger partial charge in [-0.3, -0.25) is 4.57 Å². The maximum absolute atomic E-state index is 12.8. The van der Waals surface area contributed by atoms with Gasteiger partial charge in [0.05, 0.1) is 12.3 Å². The van der Waals surface area contributed by atoms with Crippen molar-refractivity contribution in [3.05, 3.63) is 42.5 Å². The Labute approximate surface area is 90.9 Å². The molecule has 82 valence electrons. The number of hydrogen-bond donors (Lipinski definition) is 1. The van der Waals surface area contributed by atoms with Gasteiger partial charge in [0.1, 0.15) is 12.2 Å². The second-order valence-corrected chi connectivity index (χ2v) is 3.00. The number of aromatic nitrogens is 4. The summed E-state index contributed by atoms with van der Waals surface area (Å²) in [6.07, 6.45) is 7.41. The van der Waals surface area contributed by atoms with Gasteiger partial charge in [-0.2, -0.15) is 0 Å². The molecule has 6 heteroatoms. The first-order valence-electron chi connectivity index (χ1n) is 4.58. The highest BCUT2D eigenvalue weighted by Crippen LogP contribution is 2.07. The number of nitrogens with zero attached hydrogens (tertiary/aromatic N) is 4. The van der Waals surface area contributed by atoms with Crippen molar-refractivity contribution in [2.75, 3.05) is 6.61 Å². The second kappa shape index (κ2) is 4.63. The Morgan fingerprint density at radius 3 is 2.81 bits per heavy atom. The van der Waals surface area contributed by atoms with E-state index in [1.165, 1.54) is 6.33 Å². The number of aliphatic hydroxyl groups excluding tert-OH is 1. The number of imidazole rings is 1. The van der Waals surface area contributed by atoms with Crippen LogP contribution in [0.3, 0.4) is 0 Å². The zero-order valence-corrected chi connectivity index (χ0v) is 8.29. The quantitative estimate of drug-likeness (QED) is 0.836. The van der Waals surface area contributed by atoms with Crippen molar-refractivity contribution in [3.8, 4) is 5.95 Å². The minimum atomic E-state index is -0.640. The predicted molar refractivity (Wildman–Crippen MR) is 55.3 cm³/mol. The lowest BCUT2D eigenvalue weighted by atomic mass is 10.4. The van der Waals surface area contributed by atoms with Gasteiger partial charge < -0.3 is 5.11 Å². The highest BCUT2D eigenvalue weighted by molar-refractivity contribution is 5.46. The van der Waals surface area contributed by atoms with E-state index in [1.54, 1.807) is 29.2 Å². The van der Waals surface area contributed by atoms with Crippen LogP contribution in [0, 0.1) is 0 Å². The first-order valence-corrected chi connectivity index (χ1v) is 4.58. The average Bonchev–Trinajstić information content (AvgIpc) is 2.78. The molecule has 0 saturated carbocycles. The monoisotopic (exact) mass is 220 g/mol. The summed E-state index contributed by atoms with van der Waals surface area (Å²) in [4.78, 5) is 12.0. The molecule has 0 aliphatic carbocycles. The van der Waals surface area contributed by atoms with E-state index in [4.69, 9.17) is 5.11 Å². The third-order valence-corrected chi connectivity index (χ3v) is 1.84. The fourth-order valence-corrected chi connectivity index (χ4v) is 1.15. The third kappa shape index (κ3) is 2.29. The SMILES string of the molecule is OC/C(F)=C/c1cn(-c2ncccn2)cn1. The van der Waals surface area contributed by atoms with Crippen molar-refractivity contribution >= 4 is 6.08 Å². The van der Waals surface area contributed by atoms with Crippen molar-refractivity contribution < 1.29 is 9.50 Å². The Kier molecular flexibility index (Phi) is 3.02. The smallest absolute Gasteiger partial charge is 0.234 e. The minimum Gasteiger partial charge on any atom is -0.389 e. The molecule has 1 N–H and O–H groups in total. The van der Waals surface area contributed by atoms with Crippen LogP contribution in [0.1, 0.15) is 5.69 Å². The van der Waals surface area contributed by atoms with Crippen LogP contribution in [0.15, 0.2) is 36.8 Å². The molecule has 0 aliphatic heterocycles. The zero-order chi connectivity index (χ0) is 11.4. The molecule has 0 unspecified atom stereocenters. The first-order chi connectivity index (χ1) is 7.79. The van der Waals surface area contributed by atoms with Crippen molar-refractivity contribution in [1.82, 2.24) is 19.5 Å². The lowest BCUT2D eigenvalue weighted by Crippen LogP contribution is -1.96. The highest BCUT2D eigenvalue weighted by atomic mass is 19.1. The van der Waals surface area contributed by atoms with Crippen LogP contribution in [0.5, 0.6) is 0 Å². The maximum Gasteiger partial charge on any atom is 0.234 e. The van der Waals surface area contributed by atoms with Crippen LogP contribution in [0.2, 0.25) is 0 Å². The van der Waals surface area contributed by atoms with Crippen molar-refractivity contribution in [3.63, 3.8) is 0 Å². The van der Waals surface area contributed by atoms with Crippen LogP contribution in [0.4, 0.5) is 4.39 Å². The summed E-state index contributed by atoms with van der Waals surface area (Å²) in [6.45, 7) is -0.630. The second-order valence-electron chi connectivity index (χ2n) is 3.00. The van der Waals surface area contributed by atoms with E-state index >= 15 is 0 Å². The van der Waals surface area contributed by atoms with E-state index in [0.717, 1.165) is 6.08 Å². The molecule has 2 aromatic heterocycles. The van der Waals surface area contributed by atoms with Gasteiger partial charge >= 0.3 is 0 Å². The molecule has 0 saturated heterocycles. The summed E-state index contributed by atoms with van der Waals surface area (Å²) < 4.78 is 14.3. The molecule has 0 amide bonds. The Morgan fingerprint density at radius 2 is 2.12 bits per heavy atom. The van der Waals surface area contributed by atoms with Crippen LogP contribution in [0.25, 0.3) is 12.0 Å². The van der Waals surface area contributed by atoms with E-state index in [-0.39, 0.29) is 0 Å². The molecule has 2 rings (SSSR count). The molecule has 0 spiro atoms. The average molecular weight is 220 g/mol. The Bertz CT molecular complexity index is 495. The fraction of sp³-hybridized carbons (Fsp3) is 0.100. The summed E-state index contributed by atoms with van der Waals surface area (Å²) in [6, 6.07) is 1.70. The molecular formula is C10H9FN4O. The minimum absolute atomic E-state index is 0.402. The Morgan fingerprint density at radius 1 is 1.38 bits per heavy atom. The molecule has 0 atom stereocenters. The molecule has 0 fully saturated rings. The van der Waals surface area contributed by atoms with Gasteiger partial charge in [0, 0.05) is 18.6 Å². The highest BCUT2D eigenvalue weighted by Gasteiger charge is 2.01. The van der Waals surface area contributed by atoms with Gasteiger partial charge in [-0.15, -0.1) is 0 Å². The molecule has 0 aliphatic rings. The summed E-state index contributed by atoms with van der Waals surface area (Å²) in [7, 11) is 0. The molecule has 5 nitrogen and oxygen atoms in total. The normalized spacial score (nSPS) is 11.8. The zero-order valence-electron chi connectivity index (χ0n) is 8.29. The summed E-state index contributed by atoms with van der Waals surface area (Å²) >= 11 is 0. The number of hydrogen-bond acceptors (Lipinski definition) is 4. The van der Waals surface area contributed by atoms with Crippen LogP contribution in [-0.4, -0.2) is 31.2 Å². The molecule has 0 radical (unpaired) electrons. The van der Waals surface area contributed by atoms with Crippen LogP contribution < -0.4 is 0 Å². The fourth-order valence-electron chi connectivity index (χ4n) is 1.15. The van der Waals surface area contributed by atoms with Gasteiger partial charge in [0.2, 0.25) is 5.95 Å². The Hall–Kier alpha value is -2.08. The molecular weight excluding hydrogens is 211 g/mol. The van der Waals surface area contributed by atoms with Gasteiger partial charge in [0.25, 0.3) is 0 Å². The van der Waals surface area contributed by atoms with Crippen molar-refractivity contribution in [2.24, 2.45) is 0 Å². The molecule has 16 heavy (non-hydrogen) atoms. The van der Waals surface area contributed by atoms with Crippen LogP contribution >= 0.6 is 0 Å². The number of rotatable bonds is 3. The van der Waals surface area contributed by atoms with E-state index in [1.807, 2.05) is 0 Å². The van der Waals surface area contributed by atoms with Crippen LogP contribution in [-0.2, 0) is 0 Å². The number of halogens is 1. The summed E-state index contributed by atoms with van der Waals surface area (Å²) in [5.41, 5.74) is 0.402. The third-order valence-electron chi connectivity index (χ3n) is 1.84. The topological polar surface area (TPSA) is 63.8 Å². The largest absolute Gasteiger partial charge is 0.389 e. The number of aliphatic hydroxyl groups is 1. The lowest BCUT2D eigenvalue weighted by Gasteiger charge is -1.96. The van der Waals surface area contributed by atoms with Gasteiger partial charge in [0.15, 0.2) is 0 Å². The van der Waals surface area contributed by atoms with E-state index in [9.17, 15) is 4.39 Å². The molecule has 0 bridgehead atoms. The van der Waals surface area contributed by atoms with E-state index < -0.39 is 12.4 Å². The maximum atomic E-state index is 12.8.